The lowest BCUT2D eigenvalue weighted by atomic mass is 10.0. The second-order valence-electron chi connectivity index (χ2n) is 6.14. The lowest BCUT2D eigenvalue weighted by molar-refractivity contribution is -0.139. The second-order valence-corrected chi connectivity index (χ2v) is 6.14. The van der Waals surface area contributed by atoms with Crippen molar-refractivity contribution in [3.8, 4) is 0 Å². The molecular formula is C16H19F4N3. The van der Waals surface area contributed by atoms with E-state index in [2.05, 4.69) is 17.3 Å². The fraction of sp³-hybridized carbons (Fsp3) is 0.500. The van der Waals surface area contributed by atoms with Crippen molar-refractivity contribution in [3.63, 3.8) is 0 Å². The zero-order valence-corrected chi connectivity index (χ0v) is 12.8. The van der Waals surface area contributed by atoms with E-state index in [1.54, 1.807) is 12.1 Å². The number of piperidine rings is 1. The summed E-state index contributed by atoms with van der Waals surface area (Å²) in [7, 11) is 2.06. The molecule has 2 heterocycles. The Labute approximate surface area is 131 Å². The standard InChI is InChI=1S/C16H19F4N3/c1-22-7-4-11(5-8-22)21-14-3-2-13(17)15-12(14)6-9-23(15)10-16(18,19)20/h2-3,6,9,11,21H,4-5,7-8,10H2,1H3. The molecule has 23 heavy (non-hydrogen) atoms. The number of halogens is 4. The number of alkyl halides is 3. The first-order valence-corrected chi connectivity index (χ1v) is 7.63. The molecule has 1 aromatic carbocycles. The van der Waals surface area contributed by atoms with Gasteiger partial charge in [-0.3, -0.25) is 0 Å². The Morgan fingerprint density at radius 2 is 1.87 bits per heavy atom. The van der Waals surface area contributed by atoms with Gasteiger partial charge in [0.15, 0.2) is 0 Å². The third kappa shape index (κ3) is 3.60. The Morgan fingerprint density at radius 3 is 2.52 bits per heavy atom. The average molecular weight is 329 g/mol. The highest BCUT2D eigenvalue weighted by Gasteiger charge is 2.29. The van der Waals surface area contributed by atoms with Crippen molar-refractivity contribution >= 4 is 16.6 Å². The number of likely N-dealkylation sites (tertiary alicyclic amines) is 1. The van der Waals surface area contributed by atoms with Gasteiger partial charge < -0.3 is 14.8 Å². The highest BCUT2D eigenvalue weighted by molar-refractivity contribution is 5.93. The van der Waals surface area contributed by atoms with Crippen molar-refractivity contribution in [2.75, 3.05) is 25.5 Å². The van der Waals surface area contributed by atoms with Crippen LogP contribution >= 0.6 is 0 Å². The van der Waals surface area contributed by atoms with Crippen LogP contribution in [0.2, 0.25) is 0 Å². The molecular weight excluding hydrogens is 310 g/mol. The van der Waals surface area contributed by atoms with Crippen molar-refractivity contribution in [2.45, 2.75) is 31.6 Å². The first-order valence-electron chi connectivity index (χ1n) is 7.63. The zero-order chi connectivity index (χ0) is 16.6. The van der Waals surface area contributed by atoms with Crippen LogP contribution in [0, 0.1) is 5.82 Å². The van der Waals surface area contributed by atoms with Crippen LogP contribution in [0.5, 0.6) is 0 Å². The van der Waals surface area contributed by atoms with Gasteiger partial charge in [-0.05, 0) is 51.2 Å². The maximum absolute atomic E-state index is 14.0. The Hall–Kier alpha value is -1.76. The lowest BCUT2D eigenvalue weighted by Crippen LogP contribution is -2.36. The molecule has 0 saturated carbocycles. The van der Waals surface area contributed by atoms with Crippen LogP contribution in [0.15, 0.2) is 24.4 Å². The number of aromatic nitrogens is 1. The van der Waals surface area contributed by atoms with Gasteiger partial charge in [0.2, 0.25) is 0 Å². The van der Waals surface area contributed by atoms with Crippen molar-refractivity contribution in [1.82, 2.24) is 9.47 Å². The molecule has 0 spiro atoms. The first kappa shape index (κ1) is 16.1. The molecule has 0 amide bonds. The summed E-state index contributed by atoms with van der Waals surface area (Å²) in [5.41, 5.74) is 0.692. The highest BCUT2D eigenvalue weighted by Crippen LogP contribution is 2.30. The van der Waals surface area contributed by atoms with E-state index < -0.39 is 18.5 Å². The number of nitrogens with zero attached hydrogens (tertiary/aromatic N) is 2. The number of hydrogen-bond acceptors (Lipinski definition) is 2. The van der Waals surface area contributed by atoms with Crippen molar-refractivity contribution in [2.24, 2.45) is 0 Å². The quantitative estimate of drug-likeness (QED) is 0.863. The largest absolute Gasteiger partial charge is 0.406 e. The monoisotopic (exact) mass is 329 g/mol. The topological polar surface area (TPSA) is 20.2 Å². The summed E-state index contributed by atoms with van der Waals surface area (Å²) in [6.45, 7) is 0.749. The van der Waals surface area contributed by atoms with Gasteiger partial charge in [0, 0.05) is 23.3 Å². The Bertz CT molecular complexity index is 684. The zero-order valence-electron chi connectivity index (χ0n) is 12.8. The van der Waals surface area contributed by atoms with Gasteiger partial charge in [-0.15, -0.1) is 0 Å². The predicted octanol–water partition coefficient (Wildman–Crippen LogP) is 3.85. The second kappa shape index (κ2) is 6.03. The molecule has 126 valence electrons. The molecule has 1 aliphatic rings. The van der Waals surface area contributed by atoms with Crippen molar-refractivity contribution in [1.29, 1.82) is 0 Å². The van der Waals surface area contributed by atoms with Crippen LogP contribution in [0.25, 0.3) is 10.9 Å². The average Bonchev–Trinajstić information content (AvgIpc) is 2.87. The molecule has 2 aromatic rings. The molecule has 0 atom stereocenters. The number of hydrogen-bond donors (Lipinski definition) is 1. The van der Waals surface area contributed by atoms with E-state index in [9.17, 15) is 17.6 Å². The van der Waals surface area contributed by atoms with E-state index in [0.29, 0.717) is 11.1 Å². The highest BCUT2D eigenvalue weighted by atomic mass is 19.4. The van der Waals surface area contributed by atoms with Gasteiger partial charge in [0.05, 0.1) is 5.52 Å². The number of benzene rings is 1. The molecule has 1 N–H and O–H groups in total. The molecule has 1 aliphatic heterocycles. The number of nitrogens with one attached hydrogen (secondary N) is 1. The fourth-order valence-corrected chi connectivity index (χ4v) is 3.10. The van der Waals surface area contributed by atoms with E-state index in [-0.39, 0.29) is 11.6 Å². The lowest BCUT2D eigenvalue weighted by Gasteiger charge is -2.30. The van der Waals surface area contributed by atoms with E-state index in [0.717, 1.165) is 30.5 Å². The predicted molar refractivity (Wildman–Crippen MR) is 82.1 cm³/mol. The van der Waals surface area contributed by atoms with Gasteiger partial charge in [0.25, 0.3) is 0 Å². The number of rotatable bonds is 3. The molecule has 3 nitrogen and oxygen atoms in total. The van der Waals surface area contributed by atoms with Gasteiger partial charge in [-0.2, -0.15) is 13.2 Å². The Balaban J connectivity index is 1.89. The van der Waals surface area contributed by atoms with E-state index in [1.807, 2.05) is 0 Å². The molecule has 7 heteroatoms. The third-order valence-corrected chi connectivity index (χ3v) is 4.30. The van der Waals surface area contributed by atoms with Gasteiger partial charge in [0.1, 0.15) is 12.4 Å². The van der Waals surface area contributed by atoms with Crippen LogP contribution < -0.4 is 5.32 Å². The number of anilines is 1. The van der Waals surface area contributed by atoms with E-state index in [4.69, 9.17) is 0 Å². The molecule has 1 saturated heterocycles. The van der Waals surface area contributed by atoms with Gasteiger partial charge in [-0.1, -0.05) is 0 Å². The maximum atomic E-state index is 14.0. The third-order valence-electron chi connectivity index (χ3n) is 4.30. The fourth-order valence-electron chi connectivity index (χ4n) is 3.10. The summed E-state index contributed by atoms with van der Waals surface area (Å²) in [5.74, 6) is -0.636. The summed E-state index contributed by atoms with van der Waals surface area (Å²) in [6, 6.07) is 4.63. The van der Waals surface area contributed by atoms with Gasteiger partial charge in [-0.25, -0.2) is 4.39 Å². The molecule has 1 aromatic heterocycles. The minimum atomic E-state index is -4.38. The Morgan fingerprint density at radius 1 is 1.17 bits per heavy atom. The summed E-state index contributed by atoms with van der Waals surface area (Å²) >= 11 is 0. The summed E-state index contributed by atoms with van der Waals surface area (Å²) in [6.07, 6.45) is -1.17. The molecule has 3 rings (SSSR count). The summed E-state index contributed by atoms with van der Waals surface area (Å²) < 4.78 is 52.8. The van der Waals surface area contributed by atoms with Crippen LogP contribution in [0.3, 0.4) is 0 Å². The maximum Gasteiger partial charge on any atom is 0.406 e. The van der Waals surface area contributed by atoms with Crippen LogP contribution in [0.4, 0.5) is 23.2 Å². The molecule has 1 fully saturated rings. The van der Waals surface area contributed by atoms with Crippen LogP contribution in [0.1, 0.15) is 12.8 Å². The molecule has 0 bridgehead atoms. The number of fused-ring (bicyclic) bond motifs is 1. The SMILES string of the molecule is CN1CCC(Nc2ccc(F)c3c2ccn3CC(F)(F)F)CC1. The van der Waals surface area contributed by atoms with Crippen molar-refractivity contribution in [3.05, 3.63) is 30.2 Å². The molecule has 0 radical (unpaired) electrons. The first-order chi connectivity index (χ1) is 10.8. The smallest absolute Gasteiger partial charge is 0.382 e. The normalized spacial score (nSPS) is 17.8. The molecule has 0 aliphatic carbocycles. The Kier molecular flexibility index (Phi) is 4.23. The molecule has 0 unspecified atom stereocenters. The minimum absolute atomic E-state index is 0.000234. The minimum Gasteiger partial charge on any atom is -0.382 e. The van der Waals surface area contributed by atoms with E-state index in [1.165, 1.54) is 12.3 Å². The van der Waals surface area contributed by atoms with E-state index >= 15 is 0 Å². The van der Waals surface area contributed by atoms with Crippen molar-refractivity contribution < 1.29 is 17.6 Å². The summed E-state index contributed by atoms with van der Waals surface area (Å²) in [5, 5.41) is 3.85. The van der Waals surface area contributed by atoms with Gasteiger partial charge >= 0.3 is 6.18 Å². The van der Waals surface area contributed by atoms with Crippen LogP contribution in [-0.2, 0) is 6.54 Å². The summed E-state index contributed by atoms with van der Waals surface area (Å²) in [4.78, 5) is 2.23. The van der Waals surface area contributed by atoms with Crippen LogP contribution in [-0.4, -0.2) is 41.8 Å².